The van der Waals surface area contributed by atoms with Gasteiger partial charge in [-0.05, 0) is 50.2 Å². The molecule has 0 bridgehead atoms. The van der Waals surface area contributed by atoms with Crippen molar-refractivity contribution in [1.82, 2.24) is 40.4 Å². The number of rotatable bonds is 3. The average molecular weight is 396 g/mol. The Morgan fingerprint density at radius 2 is 1.90 bits per heavy atom. The van der Waals surface area contributed by atoms with Crippen molar-refractivity contribution in [3.8, 4) is 22.8 Å². The second kappa shape index (κ2) is 7.00. The highest BCUT2D eigenvalue weighted by molar-refractivity contribution is 5.95. The van der Waals surface area contributed by atoms with Gasteiger partial charge in [-0.2, -0.15) is 5.10 Å². The smallest absolute Gasteiger partial charge is 0.178 e. The Hall–Kier alpha value is -3.65. The minimum atomic E-state index is 0.478. The normalized spacial score (nSPS) is 15.2. The molecule has 3 N–H and O–H groups in total. The fraction of sp³-hybridized carbons (Fsp3) is 0.227. The molecule has 5 aromatic heterocycles. The zero-order valence-electron chi connectivity index (χ0n) is 16.3. The molecule has 6 heterocycles. The van der Waals surface area contributed by atoms with Crippen molar-refractivity contribution < 1.29 is 0 Å². The Kier molecular flexibility index (Phi) is 4.02. The minimum absolute atomic E-state index is 0.478. The molecule has 8 nitrogen and oxygen atoms in total. The van der Waals surface area contributed by atoms with E-state index in [1.807, 2.05) is 30.5 Å². The lowest BCUT2D eigenvalue weighted by molar-refractivity contribution is 0.453. The monoisotopic (exact) mass is 396 g/mol. The first-order valence-corrected chi connectivity index (χ1v) is 10.2. The first-order chi connectivity index (χ1) is 14.9. The molecule has 1 fully saturated rings. The zero-order chi connectivity index (χ0) is 19.9. The highest BCUT2D eigenvalue weighted by atomic mass is 15.1. The van der Waals surface area contributed by atoms with Crippen molar-refractivity contribution >= 4 is 22.1 Å². The van der Waals surface area contributed by atoms with Crippen LogP contribution < -0.4 is 5.32 Å². The number of aromatic nitrogens is 7. The molecular formula is C22H20N8. The molecule has 0 radical (unpaired) electrons. The highest BCUT2D eigenvalue weighted by Gasteiger charge is 2.20. The van der Waals surface area contributed by atoms with Crippen molar-refractivity contribution in [2.45, 2.75) is 18.8 Å². The molecule has 5 aromatic rings. The van der Waals surface area contributed by atoms with Gasteiger partial charge >= 0.3 is 0 Å². The zero-order valence-corrected chi connectivity index (χ0v) is 16.3. The van der Waals surface area contributed by atoms with Crippen LogP contribution >= 0.6 is 0 Å². The Morgan fingerprint density at radius 1 is 0.967 bits per heavy atom. The third-order valence-corrected chi connectivity index (χ3v) is 5.78. The number of pyridine rings is 3. The third-order valence-electron chi connectivity index (χ3n) is 5.78. The quantitative estimate of drug-likeness (QED) is 0.431. The van der Waals surface area contributed by atoms with Gasteiger partial charge in [-0.15, -0.1) is 0 Å². The number of imidazole rings is 1. The first-order valence-electron chi connectivity index (χ1n) is 10.2. The van der Waals surface area contributed by atoms with Gasteiger partial charge in [-0.3, -0.25) is 15.1 Å². The number of nitrogens with zero attached hydrogens (tertiary/aromatic N) is 5. The number of H-pyrrole nitrogens is 2. The first kappa shape index (κ1) is 17.2. The molecule has 148 valence electrons. The van der Waals surface area contributed by atoms with E-state index in [9.17, 15) is 0 Å². The Morgan fingerprint density at radius 3 is 2.77 bits per heavy atom. The molecule has 0 amide bonds. The van der Waals surface area contributed by atoms with Gasteiger partial charge in [0.15, 0.2) is 11.5 Å². The van der Waals surface area contributed by atoms with Crippen LogP contribution in [0.25, 0.3) is 44.8 Å². The van der Waals surface area contributed by atoms with Gasteiger partial charge in [-0.25, -0.2) is 9.97 Å². The number of aromatic amines is 2. The van der Waals surface area contributed by atoms with Gasteiger partial charge in [0.05, 0.1) is 22.9 Å². The summed E-state index contributed by atoms with van der Waals surface area (Å²) in [5, 5.41) is 12.1. The van der Waals surface area contributed by atoms with E-state index in [-0.39, 0.29) is 0 Å². The summed E-state index contributed by atoms with van der Waals surface area (Å²) in [5.74, 6) is 1.17. The molecular weight excluding hydrogens is 376 g/mol. The van der Waals surface area contributed by atoms with Crippen molar-refractivity contribution in [3.63, 3.8) is 0 Å². The lowest BCUT2D eigenvalue weighted by Crippen LogP contribution is -2.27. The topological polar surface area (TPSA) is 108 Å². The molecule has 1 aliphatic rings. The lowest BCUT2D eigenvalue weighted by Gasteiger charge is -2.21. The fourth-order valence-corrected chi connectivity index (χ4v) is 4.21. The molecule has 0 spiro atoms. The van der Waals surface area contributed by atoms with Crippen molar-refractivity contribution in [2.75, 3.05) is 13.1 Å². The van der Waals surface area contributed by atoms with Gasteiger partial charge in [-0.1, -0.05) is 6.07 Å². The molecule has 0 aromatic carbocycles. The lowest BCUT2D eigenvalue weighted by atomic mass is 9.93. The molecule has 0 aliphatic carbocycles. The number of piperidine rings is 1. The van der Waals surface area contributed by atoms with Crippen LogP contribution in [0, 0.1) is 0 Å². The van der Waals surface area contributed by atoms with E-state index >= 15 is 0 Å². The van der Waals surface area contributed by atoms with Crippen LogP contribution in [0.5, 0.6) is 0 Å². The summed E-state index contributed by atoms with van der Waals surface area (Å²) in [6.07, 6.45) is 7.64. The Bertz CT molecular complexity index is 1330. The molecule has 0 atom stereocenters. The second-order valence-electron chi connectivity index (χ2n) is 7.61. The van der Waals surface area contributed by atoms with E-state index in [0.29, 0.717) is 17.4 Å². The predicted octanol–water partition coefficient (Wildman–Crippen LogP) is 3.43. The van der Waals surface area contributed by atoms with Crippen LogP contribution in [0.3, 0.4) is 0 Å². The SMILES string of the molecule is c1ccc(-c2ccnc3nc(-c4n[nH]c5cnc(C6CCNCC6)cc45)[nH]c23)nc1. The van der Waals surface area contributed by atoms with Crippen LogP contribution in [0.15, 0.2) is 48.9 Å². The van der Waals surface area contributed by atoms with Gasteiger partial charge in [0, 0.05) is 35.0 Å². The average Bonchev–Trinajstić information content (AvgIpc) is 3.43. The van der Waals surface area contributed by atoms with E-state index < -0.39 is 0 Å². The number of nitrogens with one attached hydrogen (secondary N) is 3. The molecule has 6 rings (SSSR count). The summed E-state index contributed by atoms with van der Waals surface area (Å²) in [6.45, 7) is 2.07. The maximum absolute atomic E-state index is 4.73. The summed E-state index contributed by atoms with van der Waals surface area (Å²) in [5.41, 5.74) is 6.16. The van der Waals surface area contributed by atoms with Crippen LogP contribution in [-0.4, -0.2) is 48.2 Å². The summed E-state index contributed by atoms with van der Waals surface area (Å²) >= 11 is 0. The van der Waals surface area contributed by atoms with E-state index in [1.54, 1.807) is 12.4 Å². The third kappa shape index (κ3) is 2.84. The van der Waals surface area contributed by atoms with Gasteiger partial charge < -0.3 is 10.3 Å². The van der Waals surface area contributed by atoms with Crippen molar-refractivity contribution in [2.24, 2.45) is 0 Å². The van der Waals surface area contributed by atoms with E-state index in [2.05, 4.69) is 41.5 Å². The summed E-state index contributed by atoms with van der Waals surface area (Å²) in [7, 11) is 0. The molecule has 0 unspecified atom stereocenters. The Labute approximate surface area is 172 Å². The van der Waals surface area contributed by atoms with Gasteiger partial charge in [0.25, 0.3) is 0 Å². The van der Waals surface area contributed by atoms with Crippen LogP contribution in [-0.2, 0) is 0 Å². The van der Waals surface area contributed by atoms with E-state index in [1.165, 1.54) is 0 Å². The number of fused-ring (bicyclic) bond motifs is 2. The summed E-state index contributed by atoms with van der Waals surface area (Å²) in [4.78, 5) is 21.8. The fourth-order valence-electron chi connectivity index (χ4n) is 4.21. The van der Waals surface area contributed by atoms with Crippen LogP contribution in [0.2, 0.25) is 0 Å². The van der Waals surface area contributed by atoms with Crippen LogP contribution in [0.4, 0.5) is 0 Å². The summed E-state index contributed by atoms with van der Waals surface area (Å²) < 4.78 is 0. The highest BCUT2D eigenvalue weighted by Crippen LogP contribution is 2.32. The van der Waals surface area contributed by atoms with E-state index in [0.717, 1.165) is 65.0 Å². The van der Waals surface area contributed by atoms with Gasteiger partial charge in [0.1, 0.15) is 5.69 Å². The summed E-state index contributed by atoms with van der Waals surface area (Å²) in [6, 6.07) is 9.97. The molecule has 1 saturated heterocycles. The molecule has 30 heavy (non-hydrogen) atoms. The van der Waals surface area contributed by atoms with Gasteiger partial charge in [0.2, 0.25) is 0 Å². The largest absolute Gasteiger partial charge is 0.335 e. The predicted molar refractivity (Wildman–Crippen MR) is 115 cm³/mol. The minimum Gasteiger partial charge on any atom is -0.335 e. The standard InChI is InChI=1S/C22H20N8/c1-2-7-24-16(3-1)14-6-10-25-21-19(14)27-22(28-21)20-15-11-17(13-4-8-23-9-5-13)26-12-18(15)29-30-20/h1-3,6-7,10-13,23H,4-5,8-9H2,(H,29,30)(H,25,27,28). The van der Waals surface area contributed by atoms with E-state index in [4.69, 9.17) is 4.98 Å². The maximum Gasteiger partial charge on any atom is 0.178 e. The van der Waals surface area contributed by atoms with Crippen LogP contribution in [0.1, 0.15) is 24.5 Å². The van der Waals surface area contributed by atoms with Crippen molar-refractivity contribution in [1.29, 1.82) is 0 Å². The Balaban J connectivity index is 1.47. The number of hydrogen-bond acceptors (Lipinski definition) is 6. The van der Waals surface area contributed by atoms with Crippen molar-refractivity contribution in [3.05, 3.63) is 54.6 Å². The molecule has 0 saturated carbocycles. The number of hydrogen-bond donors (Lipinski definition) is 3. The maximum atomic E-state index is 4.73. The second-order valence-corrected chi connectivity index (χ2v) is 7.61. The molecule has 1 aliphatic heterocycles. The molecule has 8 heteroatoms.